The first kappa shape index (κ1) is 14.8. The van der Waals surface area contributed by atoms with Crippen LogP contribution in [0.5, 0.6) is 5.75 Å². The number of hydrogen-bond acceptors (Lipinski definition) is 4. The summed E-state index contributed by atoms with van der Waals surface area (Å²) in [6, 6.07) is 7.66. The van der Waals surface area contributed by atoms with Crippen molar-refractivity contribution in [3.8, 4) is 5.75 Å². The average Bonchev–Trinajstić information content (AvgIpc) is 2.99. The van der Waals surface area contributed by atoms with Crippen molar-refractivity contribution in [2.45, 2.75) is 25.5 Å². The van der Waals surface area contributed by atoms with Crippen LogP contribution >= 0.6 is 0 Å². The van der Waals surface area contributed by atoms with Gasteiger partial charge in [0.2, 0.25) is 5.91 Å². The molecule has 1 fully saturated rings. The Hall–Kier alpha value is -1.59. The molecule has 5 heteroatoms. The molecule has 1 aliphatic rings. The van der Waals surface area contributed by atoms with Crippen LogP contribution in [0.15, 0.2) is 24.3 Å². The number of amides is 1. The zero-order valence-corrected chi connectivity index (χ0v) is 11.9. The zero-order chi connectivity index (χ0) is 14.2. The van der Waals surface area contributed by atoms with Crippen molar-refractivity contribution in [3.05, 3.63) is 29.8 Å². The van der Waals surface area contributed by atoms with Crippen LogP contribution in [-0.4, -0.2) is 38.8 Å². The summed E-state index contributed by atoms with van der Waals surface area (Å²) < 4.78 is 10.6. The second-order valence-electron chi connectivity index (χ2n) is 4.89. The van der Waals surface area contributed by atoms with Crippen LogP contribution in [0.1, 0.15) is 18.4 Å². The molecule has 5 nitrogen and oxygen atoms in total. The Bertz CT molecular complexity index is 414. The molecule has 20 heavy (non-hydrogen) atoms. The average molecular weight is 278 g/mol. The van der Waals surface area contributed by atoms with E-state index in [1.54, 1.807) is 7.11 Å². The van der Waals surface area contributed by atoms with Crippen LogP contribution < -0.4 is 15.4 Å². The summed E-state index contributed by atoms with van der Waals surface area (Å²) in [5.74, 6) is 0.817. The molecule has 1 aromatic carbocycles. The third kappa shape index (κ3) is 4.83. The van der Waals surface area contributed by atoms with Gasteiger partial charge in [0, 0.05) is 19.7 Å². The van der Waals surface area contributed by atoms with E-state index in [1.165, 1.54) is 0 Å². The van der Waals surface area contributed by atoms with Gasteiger partial charge in [0.05, 0.1) is 19.8 Å². The van der Waals surface area contributed by atoms with Crippen LogP contribution in [0.25, 0.3) is 0 Å². The van der Waals surface area contributed by atoms with Crippen molar-refractivity contribution in [2.24, 2.45) is 0 Å². The topological polar surface area (TPSA) is 59.6 Å². The minimum Gasteiger partial charge on any atom is -0.497 e. The second kappa shape index (κ2) is 7.87. The summed E-state index contributed by atoms with van der Waals surface area (Å²) in [6.45, 7) is 2.45. The highest BCUT2D eigenvalue weighted by Gasteiger charge is 2.14. The van der Waals surface area contributed by atoms with Gasteiger partial charge in [0.1, 0.15) is 5.75 Å². The summed E-state index contributed by atoms with van der Waals surface area (Å²) in [4.78, 5) is 11.7. The van der Waals surface area contributed by atoms with Crippen molar-refractivity contribution in [1.29, 1.82) is 0 Å². The van der Waals surface area contributed by atoms with Crippen molar-refractivity contribution in [3.63, 3.8) is 0 Å². The van der Waals surface area contributed by atoms with E-state index in [0.29, 0.717) is 13.1 Å². The maximum Gasteiger partial charge on any atom is 0.234 e. The lowest BCUT2D eigenvalue weighted by molar-refractivity contribution is -0.120. The molecule has 2 rings (SSSR count). The van der Waals surface area contributed by atoms with Crippen LogP contribution in [0.4, 0.5) is 0 Å². The maximum absolute atomic E-state index is 11.7. The van der Waals surface area contributed by atoms with E-state index in [1.807, 2.05) is 24.3 Å². The van der Waals surface area contributed by atoms with Crippen molar-refractivity contribution >= 4 is 5.91 Å². The Morgan fingerprint density at radius 2 is 2.20 bits per heavy atom. The van der Waals surface area contributed by atoms with E-state index in [2.05, 4.69) is 10.6 Å². The first-order valence-corrected chi connectivity index (χ1v) is 7.00. The predicted octanol–water partition coefficient (Wildman–Crippen LogP) is 1.08. The summed E-state index contributed by atoms with van der Waals surface area (Å²) in [6.07, 6.45) is 2.47. The minimum absolute atomic E-state index is 0.00110. The highest BCUT2D eigenvalue weighted by Crippen LogP contribution is 2.11. The van der Waals surface area contributed by atoms with Gasteiger partial charge in [0.25, 0.3) is 0 Å². The zero-order valence-electron chi connectivity index (χ0n) is 11.9. The molecule has 110 valence electrons. The number of benzene rings is 1. The van der Waals surface area contributed by atoms with Gasteiger partial charge in [-0.1, -0.05) is 12.1 Å². The van der Waals surface area contributed by atoms with Gasteiger partial charge in [0.15, 0.2) is 0 Å². The molecule has 1 heterocycles. The number of carbonyl (C=O) groups is 1. The first-order valence-electron chi connectivity index (χ1n) is 7.00. The summed E-state index contributed by atoms with van der Waals surface area (Å²) >= 11 is 0. The molecule has 1 aromatic rings. The van der Waals surface area contributed by atoms with E-state index >= 15 is 0 Å². The fraction of sp³-hybridized carbons (Fsp3) is 0.533. The maximum atomic E-state index is 11.7. The van der Waals surface area contributed by atoms with Crippen molar-refractivity contribution in [1.82, 2.24) is 10.6 Å². The van der Waals surface area contributed by atoms with Gasteiger partial charge in [-0.3, -0.25) is 4.79 Å². The molecular weight excluding hydrogens is 256 g/mol. The molecule has 1 aliphatic heterocycles. The Balaban J connectivity index is 1.61. The van der Waals surface area contributed by atoms with Crippen LogP contribution in [0, 0.1) is 0 Å². The summed E-state index contributed by atoms with van der Waals surface area (Å²) in [7, 11) is 1.64. The molecular formula is C15H22N2O3. The smallest absolute Gasteiger partial charge is 0.234 e. The molecule has 0 bridgehead atoms. The normalized spacial score (nSPS) is 17.9. The number of nitrogens with one attached hydrogen (secondary N) is 2. The number of rotatable bonds is 7. The molecule has 0 radical (unpaired) electrons. The standard InChI is InChI=1S/C15H22N2O3/c1-19-13-6-4-12(5-7-13)9-17-15(18)11-16-10-14-3-2-8-20-14/h4-7,14,16H,2-3,8-11H2,1H3,(H,17,18). The van der Waals surface area contributed by atoms with Gasteiger partial charge < -0.3 is 20.1 Å². The molecule has 0 aliphatic carbocycles. The van der Waals surface area contributed by atoms with Crippen molar-refractivity contribution < 1.29 is 14.3 Å². The number of carbonyl (C=O) groups excluding carboxylic acids is 1. The number of methoxy groups -OCH3 is 1. The first-order chi connectivity index (χ1) is 9.78. The lowest BCUT2D eigenvalue weighted by Crippen LogP contribution is -2.36. The molecule has 0 spiro atoms. The van der Waals surface area contributed by atoms with Gasteiger partial charge in [-0.05, 0) is 30.5 Å². The van der Waals surface area contributed by atoms with E-state index < -0.39 is 0 Å². The SMILES string of the molecule is COc1ccc(CNC(=O)CNCC2CCCO2)cc1. The van der Waals surface area contributed by atoms with Crippen molar-refractivity contribution in [2.75, 3.05) is 26.8 Å². The molecule has 0 aromatic heterocycles. The molecule has 2 N–H and O–H groups in total. The highest BCUT2D eigenvalue weighted by atomic mass is 16.5. The largest absolute Gasteiger partial charge is 0.497 e. The lowest BCUT2D eigenvalue weighted by Gasteiger charge is -2.11. The Morgan fingerprint density at radius 3 is 2.85 bits per heavy atom. The quantitative estimate of drug-likeness (QED) is 0.783. The fourth-order valence-electron chi connectivity index (χ4n) is 2.16. The van der Waals surface area contributed by atoms with Crippen LogP contribution in [0.2, 0.25) is 0 Å². The fourth-order valence-corrected chi connectivity index (χ4v) is 2.16. The molecule has 0 saturated carbocycles. The van der Waals surface area contributed by atoms with E-state index in [4.69, 9.17) is 9.47 Å². The summed E-state index contributed by atoms with van der Waals surface area (Å²) in [5.41, 5.74) is 1.05. The number of hydrogen-bond donors (Lipinski definition) is 2. The van der Waals surface area contributed by atoms with E-state index in [0.717, 1.165) is 37.3 Å². The van der Waals surface area contributed by atoms with Gasteiger partial charge >= 0.3 is 0 Å². The van der Waals surface area contributed by atoms with E-state index in [-0.39, 0.29) is 12.0 Å². The highest BCUT2D eigenvalue weighted by molar-refractivity contribution is 5.77. The molecule has 1 amide bonds. The summed E-state index contributed by atoms with van der Waals surface area (Å²) in [5, 5.41) is 6.00. The second-order valence-corrected chi connectivity index (χ2v) is 4.89. The predicted molar refractivity (Wildman–Crippen MR) is 76.7 cm³/mol. The minimum atomic E-state index is -0.00110. The number of ether oxygens (including phenoxy) is 2. The molecule has 1 unspecified atom stereocenters. The molecule has 1 atom stereocenters. The van der Waals surface area contributed by atoms with Crippen LogP contribution in [-0.2, 0) is 16.1 Å². The Morgan fingerprint density at radius 1 is 1.40 bits per heavy atom. The van der Waals surface area contributed by atoms with Gasteiger partial charge in [-0.2, -0.15) is 0 Å². The Kier molecular flexibility index (Phi) is 5.83. The Labute approximate surface area is 119 Å². The van der Waals surface area contributed by atoms with Gasteiger partial charge in [-0.25, -0.2) is 0 Å². The van der Waals surface area contributed by atoms with E-state index in [9.17, 15) is 4.79 Å². The van der Waals surface area contributed by atoms with Gasteiger partial charge in [-0.15, -0.1) is 0 Å². The monoisotopic (exact) mass is 278 g/mol. The molecule has 1 saturated heterocycles. The third-order valence-corrected chi connectivity index (χ3v) is 3.33. The van der Waals surface area contributed by atoms with Crippen LogP contribution in [0.3, 0.4) is 0 Å². The lowest BCUT2D eigenvalue weighted by atomic mass is 10.2. The third-order valence-electron chi connectivity index (χ3n) is 3.33.